The number of nitrogen functional groups attached to an aromatic ring is 1. The Hall–Kier alpha value is -1.11. The summed E-state index contributed by atoms with van der Waals surface area (Å²) in [6, 6.07) is 6.71. The van der Waals surface area contributed by atoms with E-state index in [1.165, 1.54) is 11.4 Å². The topological polar surface area (TPSA) is 83.6 Å². The first-order valence-electron chi connectivity index (χ1n) is 5.61. The van der Waals surface area contributed by atoms with Crippen molar-refractivity contribution >= 4 is 15.7 Å². The number of sulfonamides is 1. The summed E-state index contributed by atoms with van der Waals surface area (Å²) in [6.45, 7) is 3.20. The molecule has 0 saturated carbocycles. The third-order valence-electron chi connectivity index (χ3n) is 2.41. The zero-order chi connectivity index (χ0) is 14.0. The number of hydrogen-bond donors (Lipinski definition) is 2. The Balaban J connectivity index is 2.79. The van der Waals surface area contributed by atoms with Crippen LogP contribution in [0.25, 0.3) is 0 Å². The monoisotopic (exact) mass is 272 g/mol. The highest BCUT2D eigenvalue weighted by molar-refractivity contribution is 7.88. The van der Waals surface area contributed by atoms with Gasteiger partial charge < -0.3 is 10.8 Å². The second-order valence-corrected chi connectivity index (χ2v) is 7.14. The van der Waals surface area contributed by atoms with Gasteiger partial charge in [-0.1, -0.05) is 12.1 Å². The molecule has 0 saturated heterocycles. The molecule has 0 atom stereocenters. The van der Waals surface area contributed by atoms with E-state index in [9.17, 15) is 13.5 Å². The van der Waals surface area contributed by atoms with E-state index in [1.807, 2.05) is 0 Å². The molecule has 6 heteroatoms. The molecule has 0 radical (unpaired) electrons. The van der Waals surface area contributed by atoms with E-state index in [-0.39, 0.29) is 12.3 Å². The van der Waals surface area contributed by atoms with Gasteiger partial charge in [0.1, 0.15) is 0 Å². The summed E-state index contributed by atoms with van der Waals surface area (Å²) in [5, 5.41) is 9.63. The zero-order valence-corrected chi connectivity index (χ0v) is 11.7. The highest BCUT2D eigenvalue weighted by atomic mass is 32.2. The lowest BCUT2D eigenvalue weighted by atomic mass is 10.1. The SMILES string of the molecule is CN(CC(C)(C)O)S(=O)(=O)Cc1ccc(N)cc1. The Bertz CT molecular complexity index is 489. The fourth-order valence-corrected chi connectivity index (χ4v) is 2.92. The molecule has 0 unspecified atom stereocenters. The summed E-state index contributed by atoms with van der Waals surface area (Å²) in [6.07, 6.45) is 0. The highest BCUT2D eigenvalue weighted by Crippen LogP contribution is 2.14. The molecule has 0 aromatic heterocycles. The second-order valence-electron chi connectivity index (χ2n) is 5.07. The van der Waals surface area contributed by atoms with Crippen LogP contribution in [-0.4, -0.2) is 37.0 Å². The van der Waals surface area contributed by atoms with E-state index in [1.54, 1.807) is 38.1 Å². The molecule has 1 rings (SSSR count). The van der Waals surface area contributed by atoms with Crippen LogP contribution in [-0.2, 0) is 15.8 Å². The van der Waals surface area contributed by atoms with Crippen molar-refractivity contribution in [3.05, 3.63) is 29.8 Å². The van der Waals surface area contributed by atoms with Gasteiger partial charge in [-0.2, -0.15) is 0 Å². The first-order chi connectivity index (χ1) is 8.10. The Morgan fingerprint density at radius 1 is 1.28 bits per heavy atom. The molecule has 0 fully saturated rings. The standard InChI is InChI=1S/C12H20N2O3S/c1-12(2,15)9-14(3)18(16,17)8-10-4-6-11(13)7-5-10/h4-7,15H,8-9,13H2,1-3H3. The van der Waals surface area contributed by atoms with Crippen LogP contribution in [0.4, 0.5) is 5.69 Å². The third-order valence-corrected chi connectivity index (χ3v) is 4.19. The average molecular weight is 272 g/mol. The number of nitrogens with two attached hydrogens (primary N) is 1. The minimum atomic E-state index is -3.43. The number of aliphatic hydroxyl groups is 1. The fraction of sp³-hybridized carbons (Fsp3) is 0.500. The molecule has 3 N–H and O–H groups in total. The van der Waals surface area contributed by atoms with Crippen molar-refractivity contribution in [1.82, 2.24) is 4.31 Å². The Labute approximate surface area is 108 Å². The molecular weight excluding hydrogens is 252 g/mol. The van der Waals surface area contributed by atoms with Crippen LogP contribution in [0.5, 0.6) is 0 Å². The van der Waals surface area contributed by atoms with Gasteiger partial charge in [-0.3, -0.25) is 0 Å². The quantitative estimate of drug-likeness (QED) is 0.777. The van der Waals surface area contributed by atoms with E-state index < -0.39 is 15.6 Å². The van der Waals surface area contributed by atoms with Crippen molar-refractivity contribution < 1.29 is 13.5 Å². The van der Waals surface area contributed by atoms with Gasteiger partial charge in [0, 0.05) is 19.3 Å². The van der Waals surface area contributed by atoms with E-state index in [4.69, 9.17) is 5.73 Å². The van der Waals surface area contributed by atoms with Crippen LogP contribution in [0, 0.1) is 0 Å². The molecule has 0 bridgehead atoms. The van der Waals surface area contributed by atoms with E-state index in [0.717, 1.165) is 0 Å². The summed E-state index contributed by atoms with van der Waals surface area (Å²) in [5.41, 5.74) is 5.76. The summed E-state index contributed by atoms with van der Waals surface area (Å²) in [7, 11) is -1.96. The van der Waals surface area contributed by atoms with Crippen LogP contribution in [0.15, 0.2) is 24.3 Å². The van der Waals surface area contributed by atoms with Gasteiger partial charge in [-0.15, -0.1) is 0 Å². The van der Waals surface area contributed by atoms with Gasteiger partial charge in [0.25, 0.3) is 0 Å². The molecular formula is C12H20N2O3S. The minimum Gasteiger partial charge on any atom is -0.399 e. The van der Waals surface area contributed by atoms with Gasteiger partial charge in [0.05, 0.1) is 11.4 Å². The predicted molar refractivity (Wildman–Crippen MR) is 72.4 cm³/mol. The number of nitrogens with zero attached hydrogens (tertiary/aromatic N) is 1. The predicted octanol–water partition coefficient (Wildman–Crippen LogP) is 0.801. The minimum absolute atomic E-state index is 0.0598. The normalized spacial score (nSPS) is 12.9. The average Bonchev–Trinajstić information content (AvgIpc) is 2.18. The van der Waals surface area contributed by atoms with Gasteiger partial charge in [0.15, 0.2) is 0 Å². The molecule has 1 aromatic rings. The number of rotatable bonds is 5. The number of likely N-dealkylation sites (N-methyl/N-ethyl adjacent to an activating group) is 1. The van der Waals surface area contributed by atoms with Crippen LogP contribution in [0.3, 0.4) is 0 Å². The smallest absolute Gasteiger partial charge is 0.218 e. The molecule has 102 valence electrons. The third kappa shape index (κ3) is 4.64. The molecule has 18 heavy (non-hydrogen) atoms. The number of benzene rings is 1. The van der Waals surface area contributed by atoms with E-state index in [2.05, 4.69) is 0 Å². The zero-order valence-electron chi connectivity index (χ0n) is 10.9. The van der Waals surface area contributed by atoms with E-state index in [0.29, 0.717) is 11.3 Å². The van der Waals surface area contributed by atoms with Gasteiger partial charge >= 0.3 is 0 Å². The Kier molecular flexibility index (Phi) is 4.37. The summed E-state index contributed by atoms with van der Waals surface area (Å²) in [5.74, 6) is -0.0974. The highest BCUT2D eigenvalue weighted by Gasteiger charge is 2.24. The lowest BCUT2D eigenvalue weighted by molar-refractivity contribution is 0.0639. The molecule has 0 spiro atoms. The molecule has 0 aliphatic carbocycles. The van der Waals surface area contributed by atoms with Crippen LogP contribution in [0.2, 0.25) is 0 Å². The molecule has 0 aliphatic heterocycles. The maximum atomic E-state index is 12.0. The van der Waals surface area contributed by atoms with Crippen LogP contribution in [0.1, 0.15) is 19.4 Å². The van der Waals surface area contributed by atoms with E-state index >= 15 is 0 Å². The van der Waals surface area contributed by atoms with Crippen molar-refractivity contribution in [3.8, 4) is 0 Å². The summed E-state index contributed by atoms with van der Waals surface area (Å²) in [4.78, 5) is 0. The van der Waals surface area contributed by atoms with Gasteiger partial charge in [0.2, 0.25) is 10.0 Å². The van der Waals surface area contributed by atoms with Gasteiger partial charge in [-0.25, -0.2) is 12.7 Å². The van der Waals surface area contributed by atoms with Crippen molar-refractivity contribution in [2.45, 2.75) is 25.2 Å². The Morgan fingerprint density at radius 3 is 2.22 bits per heavy atom. The Morgan fingerprint density at radius 2 is 1.78 bits per heavy atom. The molecule has 0 amide bonds. The first-order valence-corrected chi connectivity index (χ1v) is 7.22. The molecule has 5 nitrogen and oxygen atoms in total. The summed E-state index contributed by atoms with van der Waals surface area (Å²) >= 11 is 0. The molecule has 0 aliphatic rings. The van der Waals surface area contributed by atoms with Crippen LogP contribution >= 0.6 is 0 Å². The fourth-order valence-electron chi connectivity index (χ4n) is 1.58. The van der Waals surface area contributed by atoms with Crippen molar-refractivity contribution in [2.24, 2.45) is 0 Å². The first kappa shape index (κ1) is 14.9. The van der Waals surface area contributed by atoms with Crippen LogP contribution < -0.4 is 5.73 Å². The lowest BCUT2D eigenvalue weighted by Gasteiger charge is -2.25. The second kappa shape index (κ2) is 5.26. The molecule has 1 aromatic carbocycles. The number of anilines is 1. The summed E-state index contributed by atoms with van der Waals surface area (Å²) < 4.78 is 25.3. The largest absolute Gasteiger partial charge is 0.399 e. The lowest BCUT2D eigenvalue weighted by Crippen LogP contribution is -2.40. The number of hydrogen-bond acceptors (Lipinski definition) is 4. The molecule has 0 heterocycles. The maximum absolute atomic E-state index is 12.0. The van der Waals surface area contributed by atoms with Crippen molar-refractivity contribution in [3.63, 3.8) is 0 Å². The van der Waals surface area contributed by atoms with Crippen molar-refractivity contribution in [2.75, 3.05) is 19.3 Å². The maximum Gasteiger partial charge on any atom is 0.218 e. The van der Waals surface area contributed by atoms with Crippen molar-refractivity contribution in [1.29, 1.82) is 0 Å². The van der Waals surface area contributed by atoms with Gasteiger partial charge in [-0.05, 0) is 31.5 Å².